The van der Waals surface area contributed by atoms with Gasteiger partial charge in [0.1, 0.15) is 0 Å². The topological polar surface area (TPSA) is 67.2 Å². The van der Waals surface area contributed by atoms with Crippen LogP contribution in [0.1, 0.15) is 46.0 Å². The molecule has 2 rings (SSSR count). The second-order valence-corrected chi connectivity index (χ2v) is 5.44. The molecule has 0 aliphatic carbocycles. The van der Waals surface area contributed by atoms with E-state index in [1.165, 1.54) is 0 Å². The third kappa shape index (κ3) is 4.06. The first-order valence-corrected chi connectivity index (χ1v) is 7.75. The third-order valence-corrected chi connectivity index (χ3v) is 3.89. The largest absolute Gasteiger partial charge is 0.338 e. The van der Waals surface area contributed by atoms with Crippen LogP contribution in [0.4, 0.5) is 5.69 Å². The Morgan fingerprint density at radius 1 is 1.33 bits per heavy atom. The van der Waals surface area contributed by atoms with Gasteiger partial charge < -0.3 is 10.2 Å². The van der Waals surface area contributed by atoms with Crippen LogP contribution < -0.4 is 5.32 Å². The molecule has 1 atom stereocenters. The van der Waals surface area contributed by atoms with Crippen LogP contribution in [-0.2, 0) is 16.1 Å². The molecule has 1 aromatic heterocycles. The van der Waals surface area contributed by atoms with Crippen molar-refractivity contribution >= 4 is 17.5 Å². The Kier molecular flexibility index (Phi) is 5.36. The van der Waals surface area contributed by atoms with Crippen molar-refractivity contribution in [3.63, 3.8) is 0 Å². The summed E-state index contributed by atoms with van der Waals surface area (Å²) < 4.78 is 1.82. The molecule has 2 heterocycles. The van der Waals surface area contributed by atoms with Gasteiger partial charge in [-0.25, -0.2) is 0 Å². The highest BCUT2D eigenvalue weighted by Crippen LogP contribution is 2.20. The predicted octanol–water partition coefficient (Wildman–Crippen LogP) is 2.02. The van der Waals surface area contributed by atoms with E-state index in [9.17, 15) is 9.59 Å². The van der Waals surface area contributed by atoms with Crippen molar-refractivity contribution < 1.29 is 9.59 Å². The molecule has 1 N–H and O–H groups in total. The van der Waals surface area contributed by atoms with Gasteiger partial charge in [0.05, 0.1) is 24.5 Å². The maximum Gasteiger partial charge on any atom is 0.224 e. The van der Waals surface area contributed by atoms with Crippen LogP contribution in [0.15, 0.2) is 12.4 Å². The second kappa shape index (κ2) is 7.24. The molecular formula is C15H24N4O2. The van der Waals surface area contributed by atoms with Crippen molar-refractivity contribution in [1.82, 2.24) is 14.7 Å². The van der Waals surface area contributed by atoms with Gasteiger partial charge in [-0.05, 0) is 19.3 Å². The number of rotatable bonds is 5. The second-order valence-electron chi connectivity index (χ2n) is 5.44. The highest BCUT2D eigenvalue weighted by atomic mass is 16.2. The first-order chi connectivity index (χ1) is 10.1. The summed E-state index contributed by atoms with van der Waals surface area (Å²) >= 11 is 0. The minimum atomic E-state index is -0.0185. The maximum absolute atomic E-state index is 12.0. The van der Waals surface area contributed by atoms with Gasteiger partial charge in [-0.3, -0.25) is 14.3 Å². The molecule has 1 aromatic rings. The average molecular weight is 292 g/mol. The van der Waals surface area contributed by atoms with E-state index in [1.54, 1.807) is 6.20 Å². The summed E-state index contributed by atoms with van der Waals surface area (Å²) in [6.07, 6.45) is 7.74. The number of hydrogen-bond donors (Lipinski definition) is 1. The number of piperidine rings is 1. The molecule has 1 aliphatic rings. The van der Waals surface area contributed by atoms with E-state index < -0.39 is 0 Å². The van der Waals surface area contributed by atoms with Crippen molar-refractivity contribution in [3.05, 3.63) is 12.4 Å². The molecule has 116 valence electrons. The van der Waals surface area contributed by atoms with E-state index in [2.05, 4.69) is 10.4 Å². The molecule has 6 nitrogen and oxygen atoms in total. The predicted molar refractivity (Wildman–Crippen MR) is 80.8 cm³/mol. The summed E-state index contributed by atoms with van der Waals surface area (Å²) in [4.78, 5) is 25.3. The van der Waals surface area contributed by atoms with Gasteiger partial charge in [0.25, 0.3) is 0 Å². The van der Waals surface area contributed by atoms with Crippen molar-refractivity contribution in [2.45, 2.75) is 58.5 Å². The van der Waals surface area contributed by atoms with Crippen molar-refractivity contribution in [2.24, 2.45) is 0 Å². The van der Waals surface area contributed by atoms with Gasteiger partial charge in [0.2, 0.25) is 11.8 Å². The highest BCUT2D eigenvalue weighted by Gasteiger charge is 2.26. The lowest BCUT2D eigenvalue weighted by molar-refractivity contribution is -0.134. The van der Waals surface area contributed by atoms with Crippen LogP contribution >= 0.6 is 0 Å². The number of hydrogen-bond acceptors (Lipinski definition) is 3. The molecule has 0 aromatic carbocycles. The first-order valence-electron chi connectivity index (χ1n) is 7.75. The van der Waals surface area contributed by atoms with Crippen molar-refractivity contribution in [1.29, 1.82) is 0 Å². The Balaban J connectivity index is 1.99. The number of likely N-dealkylation sites (tertiary alicyclic amines) is 1. The fraction of sp³-hybridized carbons (Fsp3) is 0.667. The Bertz CT molecular complexity index is 498. The minimum Gasteiger partial charge on any atom is -0.338 e. The van der Waals surface area contributed by atoms with Crippen molar-refractivity contribution in [3.8, 4) is 0 Å². The Labute approximate surface area is 125 Å². The molecule has 0 saturated carbocycles. The van der Waals surface area contributed by atoms with Gasteiger partial charge in [0, 0.05) is 25.6 Å². The van der Waals surface area contributed by atoms with E-state index in [4.69, 9.17) is 0 Å². The van der Waals surface area contributed by atoms with E-state index in [-0.39, 0.29) is 17.9 Å². The number of nitrogens with zero attached hydrogens (tertiary/aromatic N) is 3. The van der Waals surface area contributed by atoms with Crippen LogP contribution in [0.2, 0.25) is 0 Å². The molecule has 6 heteroatoms. The number of anilines is 1. The van der Waals surface area contributed by atoms with Crippen LogP contribution in [-0.4, -0.2) is 39.1 Å². The average Bonchev–Trinajstić information content (AvgIpc) is 2.94. The summed E-state index contributed by atoms with van der Waals surface area (Å²) in [7, 11) is 0. The number of carbonyl (C=O) groups is 2. The molecule has 0 spiro atoms. The van der Waals surface area contributed by atoms with Gasteiger partial charge in [-0.2, -0.15) is 5.10 Å². The standard InChI is InChI=1S/C15H24N4O2/c1-3-14(20)17-12-9-16-18(10-12)11-13-7-5-6-8-19(13)15(21)4-2/h9-10,13H,3-8,11H2,1-2H3,(H,17,20)/t13-/m0/s1. The molecule has 1 saturated heterocycles. The third-order valence-electron chi connectivity index (χ3n) is 3.89. The lowest BCUT2D eigenvalue weighted by Crippen LogP contribution is -2.45. The number of aromatic nitrogens is 2. The lowest BCUT2D eigenvalue weighted by Gasteiger charge is -2.35. The van der Waals surface area contributed by atoms with E-state index >= 15 is 0 Å². The first kappa shape index (κ1) is 15.5. The molecule has 0 unspecified atom stereocenters. The fourth-order valence-corrected chi connectivity index (χ4v) is 2.72. The molecule has 2 amide bonds. The lowest BCUT2D eigenvalue weighted by atomic mass is 10.0. The zero-order valence-electron chi connectivity index (χ0n) is 12.8. The molecule has 1 aliphatic heterocycles. The van der Waals surface area contributed by atoms with E-state index in [0.717, 1.165) is 25.8 Å². The Morgan fingerprint density at radius 3 is 2.86 bits per heavy atom. The van der Waals surface area contributed by atoms with E-state index in [0.29, 0.717) is 25.1 Å². The Morgan fingerprint density at radius 2 is 2.14 bits per heavy atom. The molecule has 0 bridgehead atoms. The zero-order valence-corrected chi connectivity index (χ0v) is 12.8. The van der Waals surface area contributed by atoms with Crippen LogP contribution in [0, 0.1) is 0 Å². The van der Waals surface area contributed by atoms with Gasteiger partial charge in [-0.1, -0.05) is 13.8 Å². The SMILES string of the molecule is CCC(=O)Nc1cnn(C[C@@H]2CCCCN2C(=O)CC)c1. The molecular weight excluding hydrogens is 268 g/mol. The summed E-state index contributed by atoms with van der Waals surface area (Å²) in [5.41, 5.74) is 0.714. The van der Waals surface area contributed by atoms with Gasteiger partial charge in [0.15, 0.2) is 0 Å². The van der Waals surface area contributed by atoms with Gasteiger partial charge in [-0.15, -0.1) is 0 Å². The van der Waals surface area contributed by atoms with Crippen LogP contribution in [0.5, 0.6) is 0 Å². The maximum atomic E-state index is 12.0. The smallest absolute Gasteiger partial charge is 0.224 e. The zero-order chi connectivity index (χ0) is 15.2. The summed E-state index contributed by atoms with van der Waals surface area (Å²) in [5.74, 6) is 0.196. The van der Waals surface area contributed by atoms with Crippen molar-refractivity contribution in [2.75, 3.05) is 11.9 Å². The minimum absolute atomic E-state index is 0.0185. The number of amides is 2. The molecule has 0 radical (unpaired) electrons. The molecule has 21 heavy (non-hydrogen) atoms. The number of carbonyl (C=O) groups excluding carboxylic acids is 2. The van der Waals surface area contributed by atoms with Gasteiger partial charge >= 0.3 is 0 Å². The summed E-state index contributed by atoms with van der Waals surface area (Å²) in [6, 6.07) is 0.209. The normalized spacial score (nSPS) is 18.6. The monoisotopic (exact) mass is 292 g/mol. The van der Waals surface area contributed by atoms with Crippen LogP contribution in [0.25, 0.3) is 0 Å². The molecule has 1 fully saturated rings. The summed E-state index contributed by atoms with van der Waals surface area (Å²) in [5, 5.41) is 7.07. The quantitative estimate of drug-likeness (QED) is 0.903. The fourth-order valence-electron chi connectivity index (χ4n) is 2.72. The highest BCUT2D eigenvalue weighted by molar-refractivity contribution is 5.90. The van der Waals surface area contributed by atoms with Crippen LogP contribution in [0.3, 0.4) is 0 Å². The number of nitrogens with one attached hydrogen (secondary N) is 1. The van der Waals surface area contributed by atoms with E-state index in [1.807, 2.05) is 29.6 Å². The Hall–Kier alpha value is -1.85. The summed E-state index contributed by atoms with van der Waals surface area (Å²) in [6.45, 7) is 5.25.